The fourth-order valence-electron chi connectivity index (χ4n) is 1.10. The van der Waals surface area contributed by atoms with Gasteiger partial charge in [-0.05, 0) is 30.0 Å². The summed E-state index contributed by atoms with van der Waals surface area (Å²) in [7, 11) is 0. The molecule has 1 aromatic carbocycles. The zero-order valence-electron chi connectivity index (χ0n) is 8.44. The first kappa shape index (κ1) is 11.8. The molecule has 1 aromatic heterocycles. The molecule has 2 N–H and O–H groups in total. The van der Waals surface area contributed by atoms with Gasteiger partial charge in [0.15, 0.2) is 0 Å². The number of hydrogen-bond acceptors (Lipinski definition) is 2. The Bertz CT molecular complexity index is 437. The molecular weight excluding hydrogens is 256 g/mol. The van der Waals surface area contributed by atoms with Crippen LogP contribution in [0.5, 0.6) is 0 Å². The van der Waals surface area contributed by atoms with E-state index in [2.05, 4.69) is 44.3 Å². The van der Waals surface area contributed by atoms with Crippen molar-refractivity contribution in [2.75, 3.05) is 0 Å². The van der Waals surface area contributed by atoms with Crippen LogP contribution < -0.4 is 0 Å². The van der Waals surface area contributed by atoms with Crippen LogP contribution in [0.3, 0.4) is 0 Å². The first-order valence-electron chi connectivity index (χ1n) is 4.66. The summed E-state index contributed by atoms with van der Waals surface area (Å²) in [6, 6.07) is 8.24. The number of oxime groups is 1. The molecule has 4 heteroatoms. The molecule has 0 radical (unpaired) electrons. The number of benzene rings is 1. The van der Waals surface area contributed by atoms with Crippen LogP contribution in [0.15, 0.2) is 40.1 Å². The second kappa shape index (κ2) is 6.24. The molecule has 1 heterocycles. The van der Waals surface area contributed by atoms with Crippen molar-refractivity contribution >= 4 is 33.0 Å². The number of fused-ring (bicyclic) bond motifs is 1. The third-order valence-corrected chi connectivity index (χ3v) is 2.27. The molecule has 15 heavy (non-hydrogen) atoms. The lowest BCUT2D eigenvalue weighted by molar-refractivity contribution is 0.320. The van der Waals surface area contributed by atoms with E-state index in [1.807, 2.05) is 19.2 Å². The largest absolute Gasteiger partial charge is 0.411 e. The minimum atomic E-state index is 0.802. The highest BCUT2D eigenvalue weighted by molar-refractivity contribution is 9.10. The number of H-pyrrole nitrogens is 1. The summed E-state index contributed by atoms with van der Waals surface area (Å²) in [6.07, 6.45) is 4.17. The Hall–Kier alpha value is -1.29. The van der Waals surface area contributed by atoms with Gasteiger partial charge >= 0.3 is 0 Å². The molecule has 0 saturated heterocycles. The van der Waals surface area contributed by atoms with Gasteiger partial charge in [-0.15, -0.1) is 5.16 Å². The number of halogens is 1. The van der Waals surface area contributed by atoms with Crippen molar-refractivity contribution in [1.29, 1.82) is 0 Å². The standard InChI is InChI=1S/C8H6BrN.C3H7NO/c9-7-2-1-6-3-4-10-8(6)5-7;1-2-3-4-5/h1-5,10H;3,5H,2H2,1H3/b;4-3+. The summed E-state index contributed by atoms with van der Waals surface area (Å²) in [5.41, 5.74) is 1.18. The summed E-state index contributed by atoms with van der Waals surface area (Å²) >= 11 is 3.40. The number of aromatic nitrogens is 1. The van der Waals surface area contributed by atoms with E-state index in [0.29, 0.717) is 0 Å². The Morgan fingerprint density at radius 3 is 2.87 bits per heavy atom. The molecule has 80 valence electrons. The molecule has 0 spiro atoms. The van der Waals surface area contributed by atoms with E-state index < -0.39 is 0 Å². The average Bonchev–Trinajstić information content (AvgIpc) is 2.67. The first-order valence-corrected chi connectivity index (χ1v) is 5.45. The fourth-order valence-corrected chi connectivity index (χ4v) is 1.46. The Kier molecular flexibility index (Phi) is 4.90. The van der Waals surface area contributed by atoms with Crippen LogP contribution in [-0.2, 0) is 0 Å². The maximum atomic E-state index is 7.64. The van der Waals surface area contributed by atoms with E-state index >= 15 is 0 Å². The van der Waals surface area contributed by atoms with E-state index in [1.54, 1.807) is 0 Å². The number of nitrogens with one attached hydrogen (secondary N) is 1. The quantitative estimate of drug-likeness (QED) is 0.462. The molecule has 3 nitrogen and oxygen atoms in total. The number of hydrogen-bond donors (Lipinski definition) is 2. The van der Waals surface area contributed by atoms with Gasteiger partial charge in [-0.3, -0.25) is 0 Å². The van der Waals surface area contributed by atoms with E-state index in [-0.39, 0.29) is 0 Å². The Morgan fingerprint density at radius 1 is 1.47 bits per heavy atom. The molecule has 0 saturated carbocycles. The third-order valence-electron chi connectivity index (χ3n) is 1.78. The predicted octanol–water partition coefficient (Wildman–Crippen LogP) is 3.79. The molecule has 2 rings (SSSR count). The van der Waals surface area contributed by atoms with Gasteiger partial charge in [-0.2, -0.15) is 0 Å². The van der Waals surface area contributed by atoms with Gasteiger partial charge in [0, 0.05) is 22.4 Å². The average molecular weight is 269 g/mol. The Labute approximate surface area is 96.9 Å². The highest BCUT2D eigenvalue weighted by Gasteiger charge is 1.92. The minimum absolute atomic E-state index is 0.802. The second-order valence-electron chi connectivity index (χ2n) is 2.92. The molecule has 0 unspecified atom stereocenters. The van der Waals surface area contributed by atoms with Crippen molar-refractivity contribution in [1.82, 2.24) is 4.98 Å². The van der Waals surface area contributed by atoms with Crippen LogP contribution in [0.2, 0.25) is 0 Å². The molecule has 0 amide bonds. The summed E-state index contributed by atoms with van der Waals surface area (Å²) in [4.78, 5) is 3.13. The van der Waals surface area contributed by atoms with Crippen molar-refractivity contribution in [3.05, 3.63) is 34.9 Å². The molecule has 0 atom stereocenters. The van der Waals surface area contributed by atoms with Crippen LogP contribution in [0.25, 0.3) is 10.9 Å². The van der Waals surface area contributed by atoms with E-state index in [4.69, 9.17) is 5.21 Å². The van der Waals surface area contributed by atoms with Gasteiger partial charge in [-0.25, -0.2) is 0 Å². The Morgan fingerprint density at radius 2 is 2.27 bits per heavy atom. The van der Waals surface area contributed by atoms with Crippen molar-refractivity contribution in [2.45, 2.75) is 13.3 Å². The monoisotopic (exact) mass is 268 g/mol. The fraction of sp³-hybridized carbons (Fsp3) is 0.182. The van der Waals surface area contributed by atoms with Gasteiger partial charge in [0.25, 0.3) is 0 Å². The topological polar surface area (TPSA) is 48.4 Å². The maximum absolute atomic E-state index is 7.64. The predicted molar refractivity (Wildman–Crippen MR) is 66.6 cm³/mol. The van der Waals surface area contributed by atoms with Crippen molar-refractivity contribution < 1.29 is 5.21 Å². The molecule has 2 aromatic rings. The van der Waals surface area contributed by atoms with Gasteiger partial charge in [0.2, 0.25) is 0 Å². The molecule has 0 aliphatic carbocycles. The normalized spacial score (nSPS) is 10.3. The van der Waals surface area contributed by atoms with Gasteiger partial charge in [0.1, 0.15) is 0 Å². The van der Waals surface area contributed by atoms with Crippen molar-refractivity contribution in [3.63, 3.8) is 0 Å². The zero-order chi connectivity index (χ0) is 11.1. The summed E-state index contributed by atoms with van der Waals surface area (Å²) in [5.74, 6) is 0. The number of rotatable bonds is 1. The van der Waals surface area contributed by atoms with Gasteiger partial charge < -0.3 is 10.2 Å². The van der Waals surface area contributed by atoms with Gasteiger partial charge in [0.05, 0.1) is 0 Å². The molecule has 0 aliphatic heterocycles. The van der Waals surface area contributed by atoms with Crippen LogP contribution in [0.1, 0.15) is 13.3 Å². The van der Waals surface area contributed by atoms with E-state index in [9.17, 15) is 0 Å². The Balaban J connectivity index is 0.000000195. The minimum Gasteiger partial charge on any atom is -0.411 e. The number of nitrogens with zero attached hydrogens (tertiary/aromatic N) is 1. The van der Waals surface area contributed by atoms with Crippen molar-refractivity contribution in [3.8, 4) is 0 Å². The van der Waals surface area contributed by atoms with Crippen molar-refractivity contribution in [2.24, 2.45) is 5.16 Å². The summed E-state index contributed by atoms with van der Waals surface area (Å²) in [6.45, 7) is 1.90. The smallest absolute Gasteiger partial charge is 0.0465 e. The third kappa shape index (κ3) is 3.75. The van der Waals surface area contributed by atoms with Crippen LogP contribution in [-0.4, -0.2) is 16.4 Å². The van der Waals surface area contributed by atoms with E-state index in [1.165, 1.54) is 17.1 Å². The molecule has 0 aliphatic rings. The zero-order valence-corrected chi connectivity index (χ0v) is 10.0. The SMILES string of the molecule is Brc1ccc2cc[nH]c2c1.CC/C=N/O. The highest BCUT2D eigenvalue weighted by Crippen LogP contribution is 2.17. The van der Waals surface area contributed by atoms with Crippen LogP contribution in [0.4, 0.5) is 0 Å². The highest BCUT2D eigenvalue weighted by atomic mass is 79.9. The van der Waals surface area contributed by atoms with Crippen LogP contribution in [0, 0.1) is 0 Å². The lowest BCUT2D eigenvalue weighted by atomic mass is 10.3. The molecular formula is C11H13BrN2O. The van der Waals surface area contributed by atoms with E-state index in [0.717, 1.165) is 10.9 Å². The van der Waals surface area contributed by atoms with Crippen LogP contribution >= 0.6 is 15.9 Å². The lowest BCUT2D eigenvalue weighted by Crippen LogP contribution is -1.66. The lowest BCUT2D eigenvalue weighted by Gasteiger charge is -1.89. The molecule has 0 bridgehead atoms. The number of aromatic amines is 1. The second-order valence-corrected chi connectivity index (χ2v) is 3.83. The maximum Gasteiger partial charge on any atom is 0.0465 e. The van der Waals surface area contributed by atoms with Gasteiger partial charge in [-0.1, -0.05) is 28.9 Å². The summed E-state index contributed by atoms with van der Waals surface area (Å²) < 4.78 is 1.11. The molecule has 0 fully saturated rings. The first-order chi connectivity index (χ1) is 7.27. The summed E-state index contributed by atoms with van der Waals surface area (Å²) in [5, 5.41) is 11.6.